The summed E-state index contributed by atoms with van der Waals surface area (Å²) in [4.78, 5) is 4.01. The zero-order valence-electron chi connectivity index (χ0n) is 10.4. The summed E-state index contributed by atoms with van der Waals surface area (Å²) in [5.41, 5.74) is 2.14. The number of rotatable bonds is 4. The van der Waals surface area contributed by atoms with Gasteiger partial charge in [0.05, 0.1) is 12.1 Å². The van der Waals surface area contributed by atoms with Crippen LogP contribution in [0.5, 0.6) is 5.75 Å². The van der Waals surface area contributed by atoms with Crippen LogP contribution in [-0.4, -0.2) is 12.1 Å². The molecule has 18 heavy (non-hydrogen) atoms. The molecule has 3 nitrogen and oxygen atoms in total. The van der Waals surface area contributed by atoms with Gasteiger partial charge < -0.3 is 10.1 Å². The van der Waals surface area contributed by atoms with Gasteiger partial charge in [-0.3, -0.25) is 4.98 Å². The van der Waals surface area contributed by atoms with E-state index in [0.717, 1.165) is 5.69 Å². The molecule has 1 aromatic heterocycles. The lowest BCUT2D eigenvalue weighted by Gasteiger charge is -2.16. The van der Waals surface area contributed by atoms with Crippen molar-refractivity contribution in [3.63, 3.8) is 0 Å². The zero-order chi connectivity index (χ0) is 13.0. The van der Waals surface area contributed by atoms with E-state index < -0.39 is 0 Å². The van der Waals surface area contributed by atoms with E-state index in [9.17, 15) is 0 Å². The van der Waals surface area contributed by atoms with E-state index in [1.165, 1.54) is 5.56 Å². The van der Waals surface area contributed by atoms with Crippen LogP contribution in [0.2, 0.25) is 5.02 Å². The fraction of sp³-hybridized carbons (Fsp3) is 0.214. The van der Waals surface area contributed by atoms with E-state index in [-0.39, 0.29) is 6.04 Å². The Morgan fingerprint density at radius 1 is 1.22 bits per heavy atom. The maximum absolute atomic E-state index is 6.08. The summed E-state index contributed by atoms with van der Waals surface area (Å²) in [6.07, 6.45) is 3.57. The molecule has 0 aliphatic heterocycles. The van der Waals surface area contributed by atoms with E-state index in [0.29, 0.717) is 10.8 Å². The number of hydrogen-bond acceptors (Lipinski definition) is 3. The van der Waals surface area contributed by atoms with E-state index in [4.69, 9.17) is 16.3 Å². The molecule has 1 aromatic carbocycles. The number of nitrogens with one attached hydrogen (secondary N) is 1. The van der Waals surface area contributed by atoms with Gasteiger partial charge in [-0.2, -0.15) is 0 Å². The largest absolute Gasteiger partial charge is 0.495 e. The third kappa shape index (κ3) is 2.93. The number of benzene rings is 1. The van der Waals surface area contributed by atoms with Crippen LogP contribution < -0.4 is 10.1 Å². The van der Waals surface area contributed by atoms with Crippen LogP contribution in [0.1, 0.15) is 18.5 Å². The molecule has 0 saturated carbocycles. The van der Waals surface area contributed by atoms with Crippen molar-refractivity contribution in [2.24, 2.45) is 0 Å². The number of hydrogen-bond donors (Lipinski definition) is 1. The predicted octanol–water partition coefficient (Wildman–Crippen LogP) is 3.92. The Labute approximate surface area is 112 Å². The average Bonchev–Trinajstić information content (AvgIpc) is 2.40. The second-order valence-corrected chi connectivity index (χ2v) is 4.40. The quantitative estimate of drug-likeness (QED) is 0.907. The van der Waals surface area contributed by atoms with Crippen LogP contribution in [-0.2, 0) is 0 Å². The molecule has 0 fully saturated rings. The lowest BCUT2D eigenvalue weighted by molar-refractivity contribution is 0.415. The Hall–Kier alpha value is -1.74. The highest BCUT2D eigenvalue weighted by Crippen LogP contribution is 2.28. The van der Waals surface area contributed by atoms with Gasteiger partial charge in [0.15, 0.2) is 0 Å². The minimum atomic E-state index is 0.192. The predicted molar refractivity (Wildman–Crippen MR) is 74.3 cm³/mol. The number of pyridine rings is 1. The Bertz CT molecular complexity index is 516. The van der Waals surface area contributed by atoms with Gasteiger partial charge in [0.2, 0.25) is 0 Å². The van der Waals surface area contributed by atoms with Crippen molar-refractivity contribution >= 4 is 17.3 Å². The highest BCUT2D eigenvalue weighted by molar-refractivity contribution is 6.32. The van der Waals surface area contributed by atoms with Gasteiger partial charge in [-0.05, 0) is 42.8 Å². The maximum Gasteiger partial charge on any atom is 0.137 e. The molecule has 2 rings (SSSR count). The van der Waals surface area contributed by atoms with Gasteiger partial charge in [-0.15, -0.1) is 0 Å². The van der Waals surface area contributed by atoms with Gasteiger partial charge in [-0.1, -0.05) is 11.6 Å². The standard InChI is InChI=1S/C14H15ClN2O/c1-10(11-5-7-16-8-6-11)17-12-3-4-14(18-2)13(15)9-12/h3-10,17H,1-2H3. The second-order valence-electron chi connectivity index (χ2n) is 4.00. The first kappa shape index (κ1) is 12.7. The zero-order valence-corrected chi connectivity index (χ0v) is 11.1. The number of halogens is 1. The summed E-state index contributed by atoms with van der Waals surface area (Å²) in [6, 6.07) is 9.83. The number of ether oxygens (including phenoxy) is 1. The van der Waals surface area contributed by atoms with E-state index in [2.05, 4.69) is 17.2 Å². The van der Waals surface area contributed by atoms with Crippen LogP contribution in [0, 0.1) is 0 Å². The summed E-state index contributed by atoms with van der Waals surface area (Å²) >= 11 is 6.08. The first-order chi connectivity index (χ1) is 8.70. The van der Waals surface area contributed by atoms with Gasteiger partial charge in [0.1, 0.15) is 5.75 Å². The fourth-order valence-electron chi connectivity index (χ4n) is 1.74. The molecule has 0 spiro atoms. The monoisotopic (exact) mass is 262 g/mol. The van der Waals surface area contributed by atoms with Gasteiger partial charge in [-0.25, -0.2) is 0 Å². The maximum atomic E-state index is 6.08. The molecule has 1 N–H and O–H groups in total. The van der Waals surface area contributed by atoms with Crippen molar-refractivity contribution in [2.45, 2.75) is 13.0 Å². The first-order valence-electron chi connectivity index (χ1n) is 5.70. The van der Waals surface area contributed by atoms with Crippen molar-refractivity contribution in [1.82, 2.24) is 4.98 Å². The molecule has 4 heteroatoms. The van der Waals surface area contributed by atoms with Crippen LogP contribution in [0.25, 0.3) is 0 Å². The smallest absolute Gasteiger partial charge is 0.137 e. The summed E-state index contributed by atoms with van der Waals surface area (Å²) in [7, 11) is 1.61. The molecule has 0 amide bonds. The average molecular weight is 263 g/mol. The van der Waals surface area contributed by atoms with Crippen LogP contribution in [0.4, 0.5) is 5.69 Å². The Morgan fingerprint density at radius 2 is 1.94 bits per heavy atom. The summed E-state index contributed by atoms with van der Waals surface area (Å²) in [5.74, 6) is 0.679. The second kappa shape index (κ2) is 5.74. The molecule has 0 aliphatic carbocycles. The van der Waals surface area contributed by atoms with E-state index in [1.54, 1.807) is 19.5 Å². The van der Waals surface area contributed by atoms with Crippen molar-refractivity contribution < 1.29 is 4.74 Å². The molecule has 0 bridgehead atoms. The van der Waals surface area contributed by atoms with Crippen molar-refractivity contribution in [2.75, 3.05) is 12.4 Å². The molecule has 1 heterocycles. The summed E-state index contributed by atoms with van der Waals surface area (Å²) < 4.78 is 5.12. The molecule has 2 aromatic rings. The van der Waals surface area contributed by atoms with Gasteiger partial charge in [0, 0.05) is 24.1 Å². The number of methoxy groups -OCH3 is 1. The minimum Gasteiger partial charge on any atom is -0.495 e. The van der Waals surface area contributed by atoms with Gasteiger partial charge in [0.25, 0.3) is 0 Å². The van der Waals surface area contributed by atoms with Crippen LogP contribution in [0.3, 0.4) is 0 Å². The third-order valence-electron chi connectivity index (χ3n) is 2.74. The number of aromatic nitrogens is 1. The lowest BCUT2D eigenvalue weighted by atomic mass is 10.1. The van der Waals surface area contributed by atoms with Gasteiger partial charge >= 0.3 is 0 Å². The summed E-state index contributed by atoms with van der Waals surface area (Å²) in [6.45, 7) is 2.09. The van der Waals surface area contributed by atoms with E-state index in [1.807, 2.05) is 30.3 Å². The Balaban J connectivity index is 2.12. The summed E-state index contributed by atoms with van der Waals surface area (Å²) in [5, 5.41) is 3.98. The normalized spacial score (nSPS) is 11.9. The van der Waals surface area contributed by atoms with Crippen molar-refractivity contribution in [3.8, 4) is 5.75 Å². The molecule has 0 aliphatic rings. The van der Waals surface area contributed by atoms with Crippen molar-refractivity contribution in [1.29, 1.82) is 0 Å². The van der Waals surface area contributed by atoms with Crippen LogP contribution >= 0.6 is 11.6 Å². The highest BCUT2D eigenvalue weighted by Gasteiger charge is 2.06. The number of anilines is 1. The molecule has 0 radical (unpaired) electrons. The number of nitrogens with zero attached hydrogens (tertiary/aromatic N) is 1. The van der Waals surface area contributed by atoms with E-state index >= 15 is 0 Å². The molecule has 1 atom stereocenters. The fourth-order valence-corrected chi connectivity index (χ4v) is 2.00. The SMILES string of the molecule is COc1ccc(NC(C)c2ccncc2)cc1Cl. The Morgan fingerprint density at radius 3 is 2.56 bits per heavy atom. The first-order valence-corrected chi connectivity index (χ1v) is 6.08. The molecular weight excluding hydrogens is 248 g/mol. The molecule has 0 saturated heterocycles. The molecule has 94 valence electrons. The third-order valence-corrected chi connectivity index (χ3v) is 3.04. The topological polar surface area (TPSA) is 34.1 Å². The molecule has 1 unspecified atom stereocenters. The highest BCUT2D eigenvalue weighted by atomic mass is 35.5. The van der Waals surface area contributed by atoms with Crippen molar-refractivity contribution in [3.05, 3.63) is 53.3 Å². The minimum absolute atomic E-state index is 0.192. The molecular formula is C14H15ClN2O. The van der Waals surface area contributed by atoms with Crippen LogP contribution in [0.15, 0.2) is 42.7 Å². The Kier molecular flexibility index (Phi) is 4.05. The lowest BCUT2D eigenvalue weighted by Crippen LogP contribution is -2.06.